The zero-order valence-electron chi connectivity index (χ0n) is 9.61. The van der Waals surface area contributed by atoms with Gasteiger partial charge in [-0.1, -0.05) is 12.1 Å². The van der Waals surface area contributed by atoms with Gasteiger partial charge in [-0.05, 0) is 30.0 Å². The number of aromatic carboxylic acids is 1. The van der Waals surface area contributed by atoms with Gasteiger partial charge < -0.3 is 9.52 Å². The van der Waals surface area contributed by atoms with Crippen molar-refractivity contribution >= 4 is 28.8 Å². The van der Waals surface area contributed by atoms with Crippen LogP contribution in [0.2, 0.25) is 0 Å². The minimum absolute atomic E-state index is 0.183. The van der Waals surface area contributed by atoms with Crippen molar-refractivity contribution in [1.82, 2.24) is 9.97 Å². The summed E-state index contributed by atoms with van der Waals surface area (Å²) in [6.45, 7) is 0. The van der Waals surface area contributed by atoms with Crippen molar-refractivity contribution in [2.75, 3.05) is 0 Å². The summed E-state index contributed by atoms with van der Waals surface area (Å²) < 4.78 is 5.54. The Morgan fingerprint density at radius 3 is 2.89 bits per heavy atom. The Morgan fingerprint density at radius 1 is 1.26 bits per heavy atom. The van der Waals surface area contributed by atoms with Crippen LogP contribution in [-0.2, 0) is 0 Å². The molecule has 0 fully saturated rings. The molecule has 19 heavy (non-hydrogen) atoms. The summed E-state index contributed by atoms with van der Waals surface area (Å²) >= 11 is 1.15. The highest BCUT2D eigenvalue weighted by Crippen LogP contribution is 2.31. The van der Waals surface area contributed by atoms with Crippen molar-refractivity contribution in [3.05, 3.63) is 48.3 Å². The highest BCUT2D eigenvalue weighted by molar-refractivity contribution is 7.99. The number of fused-ring (bicyclic) bond motifs is 1. The van der Waals surface area contributed by atoms with E-state index in [1.54, 1.807) is 0 Å². The van der Waals surface area contributed by atoms with Gasteiger partial charge in [0, 0.05) is 17.3 Å². The standard InChI is InChI=1S/C13H8N2O3S/c16-12(17)8-5-6-14-7-11(8)19-13-15-9-3-1-2-4-10(9)18-13/h1-7H,(H,16,17). The lowest BCUT2D eigenvalue weighted by molar-refractivity contribution is 0.0693. The zero-order valence-corrected chi connectivity index (χ0v) is 10.4. The van der Waals surface area contributed by atoms with Crippen LogP contribution in [0, 0.1) is 0 Å². The number of para-hydroxylation sites is 2. The minimum atomic E-state index is -0.999. The summed E-state index contributed by atoms with van der Waals surface area (Å²) in [5, 5.41) is 9.49. The lowest BCUT2D eigenvalue weighted by atomic mass is 10.3. The molecule has 0 aliphatic carbocycles. The van der Waals surface area contributed by atoms with E-state index in [9.17, 15) is 4.79 Å². The molecule has 3 rings (SSSR count). The van der Waals surface area contributed by atoms with Crippen LogP contribution in [-0.4, -0.2) is 21.0 Å². The van der Waals surface area contributed by atoms with Gasteiger partial charge in [0.25, 0.3) is 5.22 Å². The molecule has 6 heteroatoms. The van der Waals surface area contributed by atoms with Crippen molar-refractivity contribution in [1.29, 1.82) is 0 Å². The highest BCUT2D eigenvalue weighted by Gasteiger charge is 2.14. The van der Waals surface area contributed by atoms with Gasteiger partial charge >= 0.3 is 5.97 Å². The predicted molar refractivity (Wildman–Crippen MR) is 69.3 cm³/mol. The molecule has 0 radical (unpaired) electrons. The first-order valence-electron chi connectivity index (χ1n) is 5.45. The number of oxazole rings is 1. The van der Waals surface area contributed by atoms with Crippen LogP contribution in [0.15, 0.2) is 57.3 Å². The third-order valence-electron chi connectivity index (χ3n) is 2.49. The molecule has 0 saturated carbocycles. The van der Waals surface area contributed by atoms with Crippen LogP contribution in [0.1, 0.15) is 10.4 Å². The summed E-state index contributed by atoms with van der Waals surface area (Å²) in [4.78, 5) is 19.8. The number of carboxylic acids is 1. The number of pyridine rings is 1. The summed E-state index contributed by atoms with van der Waals surface area (Å²) in [5.74, 6) is -0.999. The van der Waals surface area contributed by atoms with Gasteiger partial charge in [0.2, 0.25) is 0 Å². The molecule has 1 aromatic carbocycles. The van der Waals surface area contributed by atoms with Gasteiger partial charge in [-0.15, -0.1) is 0 Å². The van der Waals surface area contributed by atoms with Crippen LogP contribution < -0.4 is 0 Å². The van der Waals surface area contributed by atoms with Gasteiger partial charge in [0.05, 0.1) is 5.56 Å². The Morgan fingerprint density at radius 2 is 2.11 bits per heavy atom. The molecule has 0 atom stereocenters. The molecule has 94 valence electrons. The van der Waals surface area contributed by atoms with Gasteiger partial charge in [-0.2, -0.15) is 0 Å². The maximum Gasteiger partial charge on any atom is 0.336 e. The summed E-state index contributed by atoms with van der Waals surface area (Å²) in [6.07, 6.45) is 2.93. The van der Waals surface area contributed by atoms with E-state index in [0.717, 1.165) is 17.3 Å². The van der Waals surface area contributed by atoms with Gasteiger partial charge in [0.15, 0.2) is 5.58 Å². The van der Waals surface area contributed by atoms with Crippen LogP contribution in [0.4, 0.5) is 0 Å². The third kappa shape index (κ3) is 2.30. The lowest BCUT2D eigenvalue weighted by Gasteiger charge is -2.00. The summed E-state index contributed by atoms with van der Waals surface area (Å²) in [7, 11) is 0. The molecule has 0 spiro atoms. The first-order chi connectivity index (χ1) is 9.24. The first-order valence-corrected chi connectivity index (χ1v) is 6.26. The van der Waals surface area contributed by atoms with E-state index in [2.05, 4.69) is 9.97 Å². The fourth-order valence-corrected chi connectivity index (χ4v) is 2.47. The van der Waals surface area contributed by atoms with E-state index < -0.39 is 5.97 Å². The second-order valence-electron chi connectivity index (χ2n) is 3.73. The maximum atomic E-state index is 11.1. The minimum Gasteiger partial charge on any atom is -0.478 e. The molecule has 0 bridgehead atoms. The van der Waals surface area contributed by atoms with Crippen LogP contribution in [0.25, 0.3) is 11.1 Å². The molecule has 0 amide bonds. The fourth-order valence-electron chi connectivity index (χ4n) is 1.63. The van der Waals surface area contributed by atoms with E-state index in [1.807, 2.05) is 24.3 Å². The van der Waals surface area contributed by atoms with Crippen LogP contribution in [0.3, 0.4) is 0 Å². The van der Waals surface area contributed by atoms with Crippen molar-refractivity contribution in [2.45, 2.75) is 10.1 Å². The van der Waals surface area contributed by atoms with E-state index in [1.165, 1.54) is 18.5 Å². The summed E-state index contributed by atoms with van der Waals surface area (Å²) in [6, 6.07) is 8.83. The Labute approximate surface area is 112 Å². The number of hydrogen-bond acceptors (Lipinski definition) is 5. The van der Waals surface area contributed by atoms with E-state index in [4.69, 9.17) is 9.52 Å². The molecular weight excluding hydrogens is 264 g/mol. The third-order valence-corrected chi connectivity index (χ3v) is 3.38. The molecule has 1 N–H and O–H groups in total. The largest absolute Gasteiger partial charge is 0.478 e. The molecule has 2 aromatic heterocycles. The van der Waals surface area contributed by atoms with Gasteiger partial charge in [-0.3, -0.25) is 4.98 Å². The number of benzene rings is 1. The first kappa shape index (κ1) is 11.7. The highest BCUT2D eigenvalue weighted by atomic mass is 32.2. The normalized spacial score (nSPS) is 10.7. The van der Waals surface area contributed by atoms with Crippen molar-refractivity contribution < 1.29 is 14.3 Å². The average Bonchev–Trinajstić information content (AvgIpc) is 2.81. The number of carbonyl (C=O) groups is 1. The van der Waals surface area contributed by atoms with E-state index >= 15 is 0 Å². The molecule has 0 aliphatic heterocycles. The molecule has 0 unspecified atom stereocenters. The SMILES string of the molecule is O=C(O)c1ccncc1Sc1nc2ccccc2o1. The lowest BCUT2D eigenvalue weighted by Crippen LogP contribution is -1.98. The zero-order chi connectivity index (χ0) is 13.2. The number of carboxylic acid groups (broad SMARTS) is 1. The monoisotopic (exact) mass is 272 g/mol. The van der Waals surface area contributed by atoms with E-state index in [0.29, 0.717) is 15.7 Å². The molecule has 2 heterocycles. The maximum absolute atomic E-state index is 11.1. The molecule has 3 aromatic rings. The number of nitrogens with zero attached hydrogens (tertiary/aromatic N) is 2. The Bertz CT molecular complexity index is 721. The van der Waals surface area contributed by atoms with Crippen LogP contribution >= 0.6 is 11.8 Å². The quantitative estimate of drug-likeness (QED) is 0.789. The van der Waals surface area contributed by atoms with Crippen molar-refractivity contribution in [3.63, 3.8) is 0 Å². The second-order valence-corrected chi connectivity index (χ2v) is 4.72. The molecule has 0 aliphatic rings. The van der Waals surface area contributed by atoms with Crippen LogP contribution in [0.5, 0.6) is 0 Å². The van der Waals surface area contributed by atoms with E-state index in [-0.39, 0.29) is 5.56 Å². The second kappa shape index (κ2) is 4.74. The van der Waals surface area contributed by atoms with Gasteiger partial charge in [0.1, 0.15) is 5.52 Å². The topological polar surface area (TPSA) is 76.2 Å². The fraction of sp³-hybridized carbons (Fsp3) is 0. The number of hydrogen-bond donors (Lipinski definition) is 1. The molecule has 0 saturated heterocycles. The van der Waals surface area contributed by atoms with Crippen molar-refractivity contribution in [2.24, 2.45) is 0 Å². The number of rotatable bonds is 3. The summed E-state index contributed by atoms with van der Waals surface area (Å²) in [5.41, 5.74) is 1.60. The number of aromatic nitrogens is 2. The van der Waals surface area contributed by atoms with Crippen molar-refractivity contribution in [3.8, 4) is 0 Å². The average molecular weight is 272 g/mol. The van der Waals surface area contributed by atoms with Gasteiger partial charge in [-0.25, -0.2) is 9.78 Å². The smallest absolute Gasteiger partial charge is 0.336 e. The predicted octanol–water partition coefficient (Wildman–Crippen LogP) is 3.07. The molecular formula is C13H8N2O3S. The Hall–Kier alpha value is -2.34. The Kier molecular flexibility index (Phi) is 2.92. The Balaban J connectivity index is 1.99. The molecule has 5 nitrogen and oxygen atoms in total.